The number of aliphatic hydroxyl groups excluding tert-OH is 1. The maximum Gasteiger partial charge on any atom is 0.0702 e. The first-order chi connectivity index (χ1) is 6.72. The summed E-state index contributed by atoms with van der Waals surface area (Å²) in [4.78, 5) is 2.23. The second-order valence-electron chi connectivity index (χ2n) is 3.10. The van der Waals surface area contributed by atoms with Crippen LogP contribution < -0.4 is 4.90 Å². The van der Waals surface area contributed by atoms with E-state index in [1.165, 1.54) is 0 Å². The normalized spacial score (nSPS) is 10.3. The first-order valence-electron chi connectivity index (χ1n) is 4.87. The van der Waals surface area contributed by atoms with Crippen molar-refractivity contribution in [2.75, 3.05) is 18.0 Å². The van der Waals surface area contributed by atoms with Crippen LogP contribution in [0.1, 0.15) is 19.4 Å². The largest absolute Gasteiger partial charge is 0.392 e. The van der Waals surface area contributed by atoms with Gasteiger partial charge >= 0.3 is 0 Å². The van der Waals surface area contributed by atoms with Crippen LogP contribution in [0.3, 0.4) is 0 Å². The van der Waals surface area contributed by atoms with Gasteiger partial charge in [-0.15, -0.1) is 0 Å². The zero-order valence-electron chi connectivity index (χ0n) is 8.63. The molecule has 78 valence electrons. The fraction of sp³-hybridized carbons (Fsp3) is 0.455. The number of anilines is 1. The highest BCUT2D eigenvalue weighted by Crippen LogP contribution is 2.25. The summed E-state index contributed by atoms with van der Waals surface area (Å²) >= 11 is 3.44. The van der Waals surface area contributed by atoms with Crippen molar-refractivity contribution < 1.29 is 5.11 Å². The van der Waals surface area contributed by atoms with E-state index in [4.69, 9.17) is 0 Å². The quantitative estimate of drug-likeness (QED) is 0.897. The van der Waals surface area contributed by atoms with Gasteiger partial charge in [-0.2, -0.15) is 0 Å². The third-order valence-electron chi connectivity index (χ3n) is 2.32. The van der Waals surface area contributed by atoms with Crippen LogP contribution in [0.15, 0.2) is 22.7 Å². The van der Waals surface area contributed by atoms with Crippen LogP contribution in [0.25, 0.3) is 0 Å². The lowest BCUT2D eigenvalue weighted by Crippen LogP contribution is -2.23. The van der Waals surface area contributed by atoms with E-state index >= 15 is 0 Å². The molecule has 0 heterocycles. The van der Waals surface area contributed by atoms with Crippen LogP contribution >= 0.6 is 15.9 Å². The van der Waals surface area contributed by atoms with Crippen molar-refractivity contribution >= 4 is 21.6 Å². The molecule has 3 heteroatoms. The molecule has 0 saturated heterocycles. The molecule has 14 heavy (non-hydrogen) atoms. The molecule has 1 aromatic rings. The Morgan fingerprint density at radius 1 is 1.29 bits per heavy atom. The second-order valence-corrected chi connectivity index (χ2v) is 4.02. The summed E-state index contributed by atoms with van der Waals surface area (Å²) in [6.07, 6.45) is 0. The van der Waals surface area contributed by atoms with E-state index < -0.39 is 0 Å². The second kappa shape index (κ2) is 5.37. The Balaban J connectivity index is 3.08. The fourth-order valence-electron chi connectivity index (χ4n) is 1.53. The molecule has 0 saturated carbocycles. The molecular formula is C11H16BrNO. The van der Waals surface area contributed by atoms with Gasteiger partial charge in [0.25, 0.3) is 0 Å². The SMILES string of the molecule is CCN(CC)c1cc(Br)ccc1CO. The first kappa shape index (κ1) is 11.5. The summed E-state index contributed by atoms with van der Waals surface area (Å²) in [7, 11) is 0. The van der Waals surface area contributed by atoms with Crippen molar-refractivity contribution in [3.63, 3.8) is 0 Å². The average molecular weight is 258 g/mol. The molecule has 0 amide bonds. The Labute approximate surface area is 93.7 Å². The molecule has 2 nitrogen and oxygen atoms in total. The highest BCUT2D eigenvalue weighted by Gasteiger charge is 2.07. The summed E-state index contributed by atoms with van der Waals surface area (Å²) in [5.74, 6) is 0. The summed E-state index contributed by atoms with van der Waals surface area (Å²) < 4.78 is 1.05. The third-order valence-corrected chi connectivity index (χ3v) is 2.82. The number of aliphatic hydroxyl groups is 1. The van der Waals surface area contributed by atoms with Gasteiger partial charge < -0.3 is 10.0 Å². The summed E-state index contributed by atoms with van der Waals surface area (Å²) in [6.45, 7) is 6.25. The molecule has 0 aliphatic carbocycles. The molecule has 1 aromatic carbocycles. The minimum absolute atomic E-state index is 0.0963. The summed E-state index contributed by atoms with van der Waals surface area (Å²) in [5, 5.41) is 9.21. The van der Waals surface area contributed by atoms with Crippen LogP contribution in [0.4, 0.5) is 5.69 Å². The number of hydrogen-bond donors (Lipinski definition) is 1. The van der Waals surface area contributed by atoms with Gasteiger partial charge in [-0.3, -0.25) is 0 Å². The molecule has 0 unspecified atom stereocenters. The van der Waals surface area contributed by atoms with E-state index in [0.717, 1.165) is 28.8 Å². The predicted molar refractivity (Wildman–Crippen MR) is 63.6 cm³/mol. The van der Waals surface area contributed by atoms with E-state index in [0.29, 0.717) is 0 Å². The van der Waals surface area contributed by atoms with Crippen molar-refractivity contribution in [3.05, 3.63) is 28.2 Å². The van der Waals surface area contributed by atoms with Crippen molar-refractivity contribution in [1.82, 2.24) is 0 Å². The van der Waals surface area contributed by atoms with Gasteiger partial charge in [-0.25, -0.2) is 0 Å². The first-order valence-corrected chi connectivity index (χ1v) is 5.66. The molecule has 0 bridgehead atoms. The molecule has 0 fully saturated rings. The van der Waals surface area contributed by atoms with Crippen LogP contribution in [-0.2, 0) is 6.61 Å². The molecule has 0 spiro atoms. The lowest BCUT2D eigenvalue weighted by molar-refractivity contribution is 0.282. The third kappa shape index (κ3) is 2.49. The van der Waals surface area contributed by atoms with E-state index in [2.05, 4.69) is 40.7 Å². The van der Waals surface area contributed by atoms with Crippen molar-refractivity contribution in [2.24, 2.45) is 0 Å². The van der Waals surface area contributed by atoms with E-state index in [1.54, 1.807) is 0 Å². The Morgan fingerprint density at radius 2 is 1.93 bits per heavy atom. The van der Waals surface area contributed by atoms with Gasteiger partial charge in [0, 0.05) is 28.8 Å². The van der Waals surface area contributed by atoms with Gasteiger partial charge in [-0.05, 0) is 26.0 Å². The van der Waals surface area contributed by atoms with Gasteiger partial charge in [0.1, 0.15) is 0 Å². The Kier molecular flexibility index (Phi) is 4.42. The molecule has 1 rings (SSSR count). The summed E-state index contributed by atoms with van der Waals surface area (Å²) in [6, 6.07) is 5.97. The molecule has 0 radical (unpaired) electrons. The monoisotopic (exact) mass is 257 g/mol. The molecule has 0 aliphatic rings. The lowest BCUT2D eigenvalue weighted by atomic mass is 10.1. The Morgan fingerprint density at radius 3 is 2.43 bits per heavy atom. The number of halogens is 1. The highest BCUT2D eigenvalue weighted by molar-refractivity contribution is 9.10. The summed E-state index contributed by atoms with van der Waals surface area (Å²) in [5.41, 5.74) is 2.10. The standard InChI is InChI=1S/C11H16BrNO/c1-3-13(4-2)11-7-10(12)6-5-9(11)8-14/h5-7,14H,3-4,8H2,1-2H3. The zero-order chi connectivity index (χ0) is 10.6. The molecular weight excluding hydrogens is 242 g/mol. The van der Waals surface area contributed by atoms with Crippen molar-refractivity contribution in [3.8, 4) is 0 Å². The number of hydrogen-bond acceptors (Lipinski definition) is 2. The van der Waals surface area contributed by atoms with E-state index in [9.17, 15) is 5.11 Å². The highest BCUT2D eigenvalue weighted by atomic mass is 79.9. The van der Waals surface area contributed by atoms with Crippen LogP contribution in [0, 0.1) is 0 Å². The van der Waals surface area contributed by atoms with Crippen LogP contribution in [-0.4, -0.2) is 18.2 Å². The number of rotatable bonds is 4. The number of benzene rings is 1. The van der Waals surface area contributed by atoms with Gasteiger partial charge in [0.2, 0.25) is 0 Å². The average Bonchev–Trinajstić information content (AvgIpc) is 2.20. The number of nitrogens with zero attached hydrogens (tertiary/aromatic N) is 1. The van der Waals surface area contributed by atoms with Gasteiger partial charge in [0.15, 0.2) is 0 Å². The molecule has 0 aliphatic heterocycles. The van der Waals surface area contributed by atoms with Gasteiger partial charge in [0.05, 0.1) is 6.61 Å². The molecule has 0 atom stereocenters. The maximum atomic E-state index is 9.21. The topological polar surface area (TPSA) is 23.5 Å². The van der Waals surface area contributed by atoms with Gasteiger partial charge in [-0.1, -0.05) is 22.0 Å². The smallest absolute Gasteiger partial charge is 0.0702 e. The zero-order valence-corrected chi connectivity index (χ0v) is 10.2. The Bertz CT molecular complexity index is 297. The minimum Gasteiger partial charge on any atom is -0.392 e. The molecule has 1 N–H and O–H groups in total. The van der Waals surface area contributed by atoms with E-state index in [-0.39, 0.29) is 6.61 Å². The lowest BCUT2D eigenvalue weighted by Gasteiger charge is -2.23. The van der Waals surface area contributed by atoms with Crippen molar-refractivity contribution in [1.29, 1.82) is 0 Å². The minimum atomic E-state index is 0.0963. The van der Waals surface area contributed by atoms with Crippen LogP contribution in [0.5, 0.6) is 0 Å². The molecule has 0 aromatic heterocycles. The van der Waals surface area contributed by atoms with E-state index in [1.807, 2.05) is 12.1 Å². The predicted octanol–water partition coefficient (Wildman–Crippen LogP) is 2.79. The maximum absolute atomic E-state index is 9.21. The Hall–Kier alpha value is -0.540. The van der Waals surface area contributed by atoms with Crippen LogP contribution in [0.2, 0.25) is 0 Å². The fourth-order valence-corrected chi connectivity index (χ4v) is 1.88. The van der Waals surface area contributed by atoms with Crippen molar-refractivity contribution in [2.45, 2.75) is 20.5 Å².